The maximum atomic E-state index is 13.5. The highest BCUT2D eigenvalue weighted by Crippen LogP contribution is 2.39. The number of fused-ring (bicyclic) bond motifs is 1. The van der Waals surface area contributed by atoms with Gasteiger partial charge in [0.15, 0.2) is 0 Å². The van der Waals surface area contributed by atoms with Gasteiger partial charge in [-0.15, -0.1) is 0 Å². The zero-order valence-electron chi connectivity index (χ0n) is 23.1. The van der Waals surface area contributed by atoms with E-state index in [2.05, 4.69) is 45.3 Å². The van der Waals surface area contributed by atoms with Crippen molar-refractivity contribution in [1.82, 2.24) is 19.7 Å². The first kappa shape index (κ1) is 27.1. The monoisotopic (exact) mass is 543 g/mol. The summed E-state index contributed by atoms with van der Waals surface area (Å²) >= 11 is 0. The number of urea groups is 1. The van der Waals surface area contributed by atoms with E-state index in [1.807, 2.05) is 19.3 Å². The molecule has 0 saturated carbocycles. The molecule has 0 fully saturated rings. The molecule has 4 aromatic rings. The van der Waals surface area contributed by atoms with Crippen molar-refractivity contribution in [1.29, 1.82) is 0 Å². The molecule has 5 rings (SSSR count). The van der Waals surface area contributed by atoms with E-state index in [1.165, 1.54) is 23.8 Å². The lowest BCUT2D eigenvalue weighted by atomic mass is 9.93. The molecule has 1 aliphatic carbocycles. The highest BCUT2D eigenvalue weighted by atomic mass is 19.1. The van der Waals surface area contributed by atoms with Crippen molar-refractivity contribution in [3.8, 4) is 17.0 Å². The predicted octanol–water partition coefficient (Wildman–Crippen LogP) is 6.05. The third-order valence-electron chi connectivity index (χ3n) is 7.17. The lowest BCUT2D eigenvalue weighted by molar-refractivity contribution is 0.262. The number of nitrogen functional groups attached to an aromatic ring is 1. The van der Waals surface area contributed by atoms with Crippen LogP contribution in [0.25, 0.3) is 22.3 Å². The Hall–Kier alpha value is -4.44. The molecule has 2 aromatic carbocycles. The molecule has 0 aliphatic heterocycles. The van der Waals surface area contributed by atoms with E-state index >= 15 is 0 Å². The van der Waals surface area contributed by atoms with Gasteiger partial charge in [-0.2, -0.15) is 0 Å². The van der Waals surface area contributed by atoms with Gasteiger partial charge in [-0.1, -0.05) is 26.0 Å². The quantitative estimate of drug-likeness (QED) is 0.225. The number of rotatable bonds is 7. The van der Waals surface area contributed by atoms with Crippen molar-refractivity contribution in [2.24, 2.45) is 0 Å². The molecule has 10 heteroatoms. The number of carbonyl (C=O) groups is 1. The van der Waals surface area contributed by atoms with Crippen LogP contribution in [0.5, 0.6) is 5.75 Å². The van der Waals surface area contributed by atoms with Gasteiger partial charge in [-0.3, -0.25) is 4.40 Å². The summed E-state index contributed by atoms with van der Waals surface area (Å²) in [4.78, 5) is 22.2. The Morgan fingerprint density at radius 2 is 1.95 bits per heavy atom. The fourth-order valence-corrected chi connectivity index (χ4v) is 5.12. The second kappa shape index (κ2) is 11.4. The first-order chi connectivity index (χ1) is 19.3. The molecule has 208 valence electrons. The van der Waals surface area contributed by atoms with E-state index in [4.69, 9.17) is 15.5 Å². The SMILES string of the molecule is CNC1CC=C(c2cnc(N)c3c(-c4ccc(NC(=O)Nc5cccc(F)c5)cc4OC)nc(C(C)C)n23)CC1. The fraction of sp³-hybridized carbons (Fsp3) is 0.300. The number of carbonyl (C=O) groups excluding carboxylic acids is 1. The Labute approximate surface area is 232 Å². The number of benzene rings is 2. The van der Waals surface area contributed by atoms with E-state index in [-0.39, 0.29) is 5.92 Å². The van der Waals surface area contributed by atoms with Gasteiger partial charge < -0.3 is 26.4 Å². The smallest absolute Gasteiger partial charge is 0.323 e. The molecule has 0 bridgehead atoms. The number of ether oxygens (including phenoxy) is 1. The molecular weight excluding hydrogens is 509 g/mol. The summed E-state index contributed by atoms with van der Waals surface area (Å²) in [5.74, 6) is 1.45. The van der Waals surface area contributed by atoms with E-state index in [9.17, 15) is 9.18 Å². The zero-order valence-corrected chi connectivity index (χ0v) is 23.1. The number of nitrogens with zero attached hydrogens (tertiary/aromatic N) is 3. The number of anilines is 3. The van der Waals surface area contributed by atoms with Crippen molar-refractivity contribution in [3.05, 3.63) is 72.1 Å². The van der Waals surface area contributed by atoms with Crippen LogP contribution in [0.3, 0.4) is 0 Å². The van der Waals surface area contributed by atoms with E-state index < -0.39 is 11.8 Å². The summed E-state index contributed by atoms with van der Waals surface area (Å²) in [5, 5.41) is 8.76. The first-order valence-corrected chi connectivity index (χ1v) is 13.3. The van der Waals surface area contributed by atoms with E-state index in [0.29, 0.717) is 34.7 Å². The molecule has 0 spiro atoms. The standard InChI is InChI=1S/C30H34FN7O2/c1-17(2)29-37-26(27-28(32)34-16-24(38(27)29)18-8-10-20(33-3)11-9-18)23-13-12-22(15-25(23)40-4)36-30(39)35-21-7-5-6-19(31)14-21/h5-8,12-17,20,33H,9-11H2,1-4H3,(H2,32,34)(H2,35,36,39). The molecule has 0 saturated heterocycles. The molecular formula is C30H34FN7O2. The van der Waals surface area contributed by atoms with Gasteiger partial charge in [-0.25, -0.2) is 19.2 Å². The molecule has 0 radical (unpaired) electrons. The Morgan fingerprint density at radius 1 is 1.18 bits per heavy atom. The number of hydrogen-bond donors (Lipinski definition) is 4. The first-order valence-electron chi connectivity index (χ1n) is 13.3. The number of halogens is 1. The van der Waals surface area contributed by atoms with Crippen LogP contribution in [0.4, 0.5) is 26.4 Å². The van der Waals surface area contributed by atoms with Crippen LogP contribution < -0.4 is 26.4 Å². The maximum Gasteiger partial charge on any atom is 0.323 e. The van der Waals surface area contributed by atoms with Gasteiger partial charge in [0.05, 0.1) is 19.0 Å². The number of imidazole rings is 1. The number of methoxy groups -OCH3 is 1. The summed E-state index contributed by atoms with van der Waals surface area (Å²) in [6.45, 7) is 4.21. The molecule has 2 aromatic heterocycles. The number of nitrogens with one attached hydrogen (secondary N) is 3. The average Bonchev–Trinajstić information content (AvgIpc) is 3.35. The minimum Gasteiger partial charge on any atom is -0.496 e. The van der Waals surface area contributed by atoms with E-state index in [1.54, 1.807) is 25.3 Å². The van der Waals surface area contributed by atoms with Crippen LogP contribution in [0.2, 0.25) is 0 Å². The Kier molecular flexibility index (Phi) is 7.70. The van der Waals surface area contributed by atoms with Crippen LogP contribution in [0, 0.1) is 5.82 Å². The van der Waals surface area contributed by atoms with Gasteiger partial charge in [0.1, 0.15) is 34.4 Å². The molecule has 9 nitrogen and oxygen atoms in total. The Bertz CT molecular complexity index is 1590. The van der Waals surface area contributed by atoms with Crippen molar-refractivity contribution in [3.63, 3.8) is 0 Å². The maximum absolute atomic E-state index is 13.5. The molecule has 2 heterocycles. The lowest BCUT2D eigenvalue weighted by Gasteiger charge is -2.22. The van der Waals surface area contributed by atoms with Gasteiger partial charge in [0.25, 0.3) is 0 Å². The zero-order chi connectivity index (χ0) is 28.4. The molecule has 2 amide bonds. The van der Waals surface area contributed by atoms with Crippen LogP contribution in [-0.2, 0) is 0 Å². The van der Waals surface area contributed by atoms with Gasteiger partial charge in [0.2, 0.25) is 0 Å². The number of amides is 2. The third-order valence-corrected chi connectivity index (χ3v) is 7.17. The van der Waals surface area contributed by atoms with Gasteiger partial charge in [-0.05, 0) is 62.2 Å². The predicted molar refractivity (Wildman–Crippen MR) is 157 cm³/mol. The van der Waals surface area contributed by atoms with Crippen LogP contribution in [-0.4, -0.2) is 40.6 Å². The van der Waals surface area contributed by atoms with Crippen molar-refractivity contribution >= 4 is 34.3 Å². The molecule has 5 N–H and O–H groups in total. The Morgan fingerprint density at radius 3 is 2.60 bits per heavy atom. The van der Waals surface area contributed by atoms with Crippen molar-refractivity contribution in [2.75, 3.05) is 30.5 Å². The molecule has 40 heavy (non-hydrogen) atoms. The Balaban J connectivity index is 1.53. The minimum atomic E-state index is -0.505. The molecule has 1 unspecified atom stereocenters. The van der Waals surface area contributed by atoms with Crippen LogP contribution >= 0.6 is 0 Å². The number of allylic oxidation sites excluding steroid dienone is 1. The second-order valence-electron chi connectivity index (χ2n) is 10.2. The van der Waals surface area contributed by atoms with Crippen molar-refractivity contribution < 1.29 is 13.9 Å². The summed E-state index contributed by atoms with van der Waals surface area (Å²) < 4.78 is 21.4. The lowest BCUT2D eigenvalue weighted by Crippen LogP contribution is -2.26. The van der Waals surface area contributed by atoms with Gasteiger partial charge >= 0.3 is 6.03 Å². The average molecular weight is 544 g/mol. The van der Waals surface area contributed by atoms with Crippen molar-refractivity contribution in [2.45, 2.75) is 45.1 Å². The topological polar surface area (TPSA) is 119 Å². The second-order valence-corrected chi connectivity index (χ2v) is 10.2. The highest BCUT2D eigenvalue weighted by Gasteiger charge is 2.25. The van der Waals surface area contributed by atoms with Crippen LogP contribution in [0.15, 0.2) is 54.7 Å². The van der Waals surface area contributed by atoms with Gasteiger partial charge in [0, 0.05) is 35.0 Å². The largest absolute Gasteiger partial charge is 0.496 e. The van der Waals surface area contributed by atoms with E-state index in [0.717, 1.165) is 41.9 Å². The third kappa shape index (κ3) is 5.35. The minimum absolute atomic E-state index is 0.120. The number of aromatic nitrogens is 3. The summed E-state index contributed by atoms with van der Waals surface area (Å²) in [6, 6.07) is 11.0. The fourth-order valence-electron chi connectivity index (χ4n) is 5.12. The molecule has 1 aliphatic rings. The number of hydrogen-bond acceptors (Lipinski definition) is 6. The van der Waals surface area contributed by atoms with Crippen LogP contribution in [0.1, 0.15) is 50.5 Å². The number of nitrogens with two attached hydrogens (primary N) is 1. The summed E-state index contributed by atoms with van der Waals surface area (Å²) in [6.07, 6.45) is 7.04. The normalized spacial score (nSPS) is 15.2. The highest BCUT2D eigenvalue weighted by molar-refractivity contribution is 6.00. The summed E-state index contributed by atoms with van der Waals surface area (Å²) in [5.41, 5.74) is 11.7. The molecule has 1 atom stereocenters. The summed E-state index contributed by atoms with van der Waals surface area (Å²) in [7, 11) is 3.56.